The van der Waals surface area contributed by atoms with E-state index >= 15 is 0 Å². The van der Waals surface area contributed by atoms with Gasteiger partial charge in [-0.05, 0) is 31.2 Å². The van der Waals surface area contributed by atoms with Crippen LogP contribution in [0.5, 0.6) is 0 Å². The number of carbonyl (C=O) groups is 2. The molecule has 23 heavy (non-hydrogen) atoms. The Hall–Kier alpha value is -2.56. The summed E-state index contributed by atoms with van der Waals surface area (Å²) in [5.41, 5.74) is 1.20. The number of carboxylic acids is 1. The Morgan fingerprint density at radius 3 is 2.70 bits per heavy atom. The Balaban J connectivity index is 1.77. The van der Waals surface area contributed by atoms with Gasteiger partial charge in [-0.15, -0.1) is 0 Å². The maximum absolute atomic E-state index is 12.7. The molecule has 0 spiro atoms. The average molecular weight is 313 g/mol. The zero-order valence-electron chi connectivity index (χ0n) is 12.8. The third-order valence-corrected chi connectivity index (χ3v) is 4.26. The SMILES string of the molecule is O=C(O)c1coc(C(=O)N2CCCCC2Cc2ccccc2)c1. The Kier molecular flexibility index (Phi) is 4.46. The highest BCUT2D eigenvalue weighted by molar-refractivity contribution is 5.95. The minimum Gasteiger partial charge on any atom is -0.478 e. The van der Waals surface area contributed by atoms with Gasteiger partial charge in [-0.1, -0.05) is 30.3 Å². The lowest BCUT2D eigenvalue weighted by Gasteiger charge is -2.35. The lowest BCUT2D eigenvalue weighted by Crippen LogP contribution is -2.44. The second-order valence-electron chi connectivity index (χ2n) is 5.84. The van der Waals surface area contributed by atoms with Gasteiger partial charge in [0.2, 0.25) is 0 Å². The van der Waals surface area contributed by atoms with Crippen molar-refractivity contribution in [2.75, 3.05) is 6.54 Å². The number of rotatable bonds is 4. The smallest absolute Gasteiger partial charge is 0.338 e. The molecule has 0 aliphatic carbocycles. The quantitative estimate of drug-likeness (QED) is 0.941. The van der Waals surface area contributed by atoms with Crippen LogP contribution in [0.4, 0.5) is 0 Å². The fourth-order valence-electron chi connectivity index (χ4n) is 3.07. The van der Waals surface area contributed by atoms with Gasteiger partial charge in [0.15, 0.2) is 5.76 Å². The first kappa shape index (κ1) is 15.3. The summed E-state index contributed by atoms with van der Waals surface area (Å²) in [6.07, 6.45) is 4.93. The van der Waals surface area contributed by atoms with Crippen molar-refractivity contribution in [2.45, 2.75) is 31.7 Å². The number of hydrogen-bond donors (Lipinski definition) is 1. The van der Waals surface area contributed by atoms with Crippen molar-refractivity contribution < 1.29 is 19.1 Å². The van der Waals surface area contributed by atoms with Crippen LogP contribution in [0, 0.1) is 0 Å². The first-order valence-corrected chi connectivity index (χ1v) is 7.82. The van der Waals surface area contributed by atoms with Gasteiger partial charge < -0.3 is 14.4 Å². The molecule has 1 atom stereocenters. The van der Waals surface area contributed by atoms with Gasteiger partial charge in [0, 0.05) is 18.7 Å². The number of carboxylic acid groups (broad SMARTS) is 1. The summed E-state index contributed by atoms with van der Waals surface area (Å²) >= 11 is 0. The van der Waals surface area contributed by atoms with Crippen LogP contribution in [-0.4, -0.2) is 34.5 Å². The number of amides is 1. The molecular weight excluding hydrogens is 294 g/mol. The molecule has 1 aliphatic rings. The molecule has 1 aromatic heterocycles. The highest BCUT2D eigenvalue weighted by Crippen LogP contribution is 2.23. The molecule has 0 bridgehead atoms. The third kappa shape index (κ3) is 3.44. The highest BCUT2D eigenvalue weighted by atomic mass is 16.4. The summed E-state index contributed by atoms with van der Waals surface area (Å²) in [5, 5.41) is 8.95. The summed E-state index contributed by atoms with van der Waals surface area (Å²) < 4.78 is 5.17. The summed E-state index contributed by atoms with van der Waals surface area (Å²) in [4.78, 5) is 25.4. The second-order valence-corrected chi connectivity index (χ2v) is 5.84. The molecule has 5 heteroatoms. The summed E-state index contributed by atoms with van der Waals surface area (Å²) in [6, 6.07) is 11.5. The van der Waals surface area contributed by atoms with Crippen molar-refractivity contribution in [1.29, 1.82) is 0 Å². The standard InChI is InChI=1S/C18H19NO4/c20-17(16-11-14(12-23-16)18(21)22)19-9-5-4-8-15(19)10-13-6-2-1-3-7-13/h1-3,6-7,11-12,15H,4-5,8-10H2,(H,21,22). The molecule has 1 saturated heterocycles. The normalized spacial score (nSPS) is 17.9. The van der Waals surface area contributed by atoms with E-state index in [4.69, 9.17) is 9.52 Å². The topological polar surface area (TPSA) is 70.7 Å². The monoisotopic (exact) mass is 313 g/mol. The zero-order valence-corrected chi connectivity index (χ0v) is 12.8. The van der Waals surface area contributed by atoms with Crippen molar-refractivity contribution in [3.05, 3.63) is 59.5 Å². The van der Waals surface area contributed by atoms with Crippen LogP contribution in [0.15, 0.2) is 47.1 Å². The molecule has 1 aromatic carbocycles. The van der Waals surface area contributed by atoms with Gasteiger partial charge in [-0.25, -0.2) is 4.79 Å². The summed E-state index contributed by atoms with van der Waals surface area (Å²) in [7, 11) is 0. The Labute approximate surface area is 134 Å². The van der Waals surface area contributed by atoms with E-state index in [9.17, 15) is 9.59 Å². The molecule has 5 nitrogen and oxygen atoms in total. The predicted molar refractivity (Wildman–Crippen MR) is 84.5 cm³/mol. The van der Waals surface area contributed by atoms with Crippen molar-refractivity contribution >= 4 is 11.9 Å². The number of nitrogens with zero attached hydrogens (tertiary/aromatic N) is 1. The van der Waals surface area contributed by atoms with E-state index in [1.807, 2.05) is 23.1 Å². The molecule has 2 aromatic rings. The molecule has 1 N–H and O–H groups in total. The fourth-order valence-corrected chi connectivity index (χ4v) is 3.07. The van der Waals surface area contributed by atoms with Crippen LogP contribution in [0.3, 0.4) is 0 Å². The van der Waals surface area contributed by atoms with E-state index in [-0.39, 0.29) is 23.3 Å². The average Bonchev–Trinajstić information content (AvgIpc) is 3.06. The first-order valence-electron chi connectivity index (χ1n) is 7.82. The van der Waals surface area contributed by atoms with Crippen LogP contribution < -0.4 is 0 Å². The van der Waals surface area contributed by atoms with E-state index in [0.29, 0.717) is 6.54 Å². The molecule has 2 heterocycles. The molecule has 1 aliphatic heterocycles. The highest BCUT2D eigenvalue weighted by Gasteiger charge is 2.29. The maximum Gasteiger partial charge on any atom is 0.338 e. The van der Waals surface area contributed by atoms with E-state index in [0.717, 1.165) is 31.9 Å². The lowest BCUT2D eigenvalue weighted by molar-refractivity contribution is 0.0580. The van der Waals surface area contributed by atoms with E-state index in [1.54, 1.807) is 0 Å². The van der Waals surface area contributed by atoms with Gasteiger partial charge in [-0.2, -0.15) is 0 Å². The molecule has 1 amide bonds. The Morgan fingerprint density at radius 1 is 1.22 bits per heavy atom. The van der Waals surface area contributed by atoms with Gasteiger partial charge >= 0.3 is 5.97 Å². The Morgan fingerprint density at radius 2 is 2.00 bits per heavy atom. The lowest BCUT2D eigenvalue weighted by atomic mass is 9.95. The largest absolute Gasteiger partial charge is 0.478 e. The van der Waals surface area contributed by atoms with Gasteiger partial charge in [-0.3, -0.25) is 4.79 Å². The number of likely N-dealkylation sites (tertiary alicyclic amines) is 1. The van der Waals surface area contributed by atoms with Gasteiger partial charge in [0.1, 0.15) is 6.26 Å². The van der Waals surface area contributed by atoms with Crippen molar-refractivity contribution in [1.82, 2.24) is 4.90 Å². The minimum atomic E-state index is -1.09. The predicted octanol–water partition coefficient (Wildman–Crippen LogP) is 3.22. The van der Waals surface area contributed by atoms with Crippen LogP contribution in [-0.2, 0) is 6.42 Å². The number of piperidine rings is 1. The van der Waals surface area contributed by atoms with E-state index in [2.05, 4.69) is 12.1 Å². The molecule has 120 valence electrons. The van der Waals surface area contributed by atoms with Crippen molar-refractivity contribution in [3.8, 4) is 0 Å². The minimum absolute atomic E-state index is 0.00460. The number of furan rings is 1. The maximum atomic E-state index is 12.7. The van der Waals surface area contributed by atoms with E-state index < -0.39 is 5.97 Å². The number of benzene rings is 1. The summed E-state index contributed by atoms with van der Waals surface area (Å²) in [5.74, 6) is -1.22. The van der Waals surface area contributed by atoms with E-state index in [1.165, 1.54) is 11.6 Å². The van der Waals surface area contributed by atoms with Crippen LogP contribution in [0.1, 0.15) is 45.7 Å². The fraction of sp³-hybridized carbons (Fsp3) is 0.333. The van der Waals surface area contributed by atoms with Crippen LogP contribution in [0.25, 0.3) is 0 Å². The molecule has 3 rings (SSSR count). The third-order valence-electron chi connectivity index (χ3n) is 4.26. The first-order chi connectivity index (χ1) is 11.1. The van der Waals surface area contributed by atoms with Crippen molar-refractivity contribution in [2.24, 2.45) is 0 Å². The summed E-state index contributed by atoms with van der Waals surface area (Å²) in [6.45, 7) is 0.680. The Bertz CT molecular complexity index is 692. The van der Waals surface area contributed by atoms with Crippen LogP contribution in [0.2, 0.25) is 0 Å². The zero-order chi connectivity index (χ0) is 16.2. The van der Waals surface area contributed by atoms with Gasteiger partial charge in [0.05, 0.1) is 5.56 Å². The molecule has 0 radical (unpaired) electrons. The van der Waals surface area contributed by atoms with Crippen LogP contribution >= 0.6 is 0 Å². The molecular formula is C18H19NO4. The number of aromatic carboxylic acids is 1. The second kappa shape index (κ2) is 6.69. The molecule has 0 saturated carbocycles. The van der Waals surface area contributed by atoms with Crippen molar-refractivity contribution in [3.63, 3.8) is 0 Å². The van der Waals surface area contributed by atoms with Gasteiger partial charge in [0.25, 0.3) is 5.91 Å². The molecule has 1 fully saturated rings. The number of carbonyl (C=O) groups excluding carboxylic acids is 1. The number of hydrogen-bond acceptors (Lipinski definition) is 3. The molecule has 1 unspecified atom stereocenters.